The Morgan fingerprint density at radius 3 is 1.37 bits per heavy atom. The van der Waals surface area contributed by atoms with E-state index >= 15 is 0 Å². The third kappa shape index (κ3) is 3.32. The Bertz CT molecular complexity index is 512. The first-order chi connectivity index (χ1) is 11.8. The van der Waals surface area contributed by atoms with Crippen LogP contribution < -0.4 is 0 Å². The molecule has 1 aliphatic carbocycles. The predicted molar refractivity (Wildman–Crippen MR) is 84.4 cm³/mol. The molecule has 1 fully saturated rings. The second-order valence-corrected chi connectivity index (χ2v) is 9.68. The normalized spacial score (nSPS) is 29.1. The summed E-state index contributed by atoms with van der Waals surface area (Å²) >= 11 is 1.22. The van der Waals surface area contributed by atoms with Crippen LogP contribution in [0.1, 0.15) is 52.4 Å². The number of alkyl halides is 12. The van der Waals surface area contributed by atoms with Crippen LogP contribution in [0.15, 0.2) is 0 Å². The van der Waals surface area contributed by atoms with Crippen LogP contribution in [-0.2, 0) is 0 Å². The van der Waals surface area contributed by atoms with Crippen molar-refractivity contribution in [3.05, 3.63) is 0 Å². The van der Waals surface area contributed by atoms with Gasteiger partial charge in [-0.1, -0.05) is 62.1 Å². The molecule has 0 aromatic rings. The topological polar surface area (TPSA) is 0 Å². The first-order valence-electron chi connectivity index (χ1n) is 8.04. The third-order valence-corrected chi connectivity index (χ3v) is 5.66. The number of rotatable bonds is 7. The van der Waals surface area contributed by atoms with Gasteiger partial charge in [0.05, 0.1) is 0 Å². The van der Waals surface area contributed by atoms with Gasteiger partial charge in [0, 0.05) is 9.84 Å². The van der Waals surface area contributed by atoms with Crippen molar-refractivity contribution in [1.29, 1.82) is 0 Å². The molecular formula is C15H18F11I. The molecule has 0 N–H and O–H groups in total. The van der Waals surface area contributed by atoms with Gasteiger partial charge in [-0.05, 0) is 6.42 Å². The summed E-state index contributed by atoms with van der Waals surface area (Å²) in [5.74, 6) is -34.6. The average Bonchev–Trinajstić information content (AvgIpc) is 2.49. The van der Waals surface area contributed by atoms with E-state index in [-0.39, 0.29) is 12.8 Å². The summed E-state index contributed by atoms with van der Waals surface area (Å²) in [4.78, 5) is 0. The Morgan fingerprint density at radius 1 is 0.630 bits per heavy atom. The molecule has 0 aromatic heterocycles. The Balaban J connectivity index is 3.41. The minimum absolute atomic E-state index is 0.198. The van der Waals surface area contributed by atoms with Gasteiger partial charge in [0.1, 0.15) is 0 Å². The summed E-state index contributed by atoms with van der Waals surface area (Å²) in [5.41, 5.74) is -5.88. The quantitative estimate of drug-likeness (QED) is 0.138. The average molecular weight is 534 g/mol. The molecule has 0 amide bonds. The zero-order chi connectivity index (χ0) is 21.7. The summed E-state index contributed by atoms with van der Waals surface area (Å²) in [6.07, 6.45) is -0.335. The molecule has 27 heavy (non-hydrogen) atoms. The van der Waals surface area contributed by atoms with Crippen molar-refractivity contribution >= 4 is 22.6 Å². The Kier molecular flexibility index (Phi) is 6.51. The lowest BCUT2D eigenvalue weighted by atomic mass is 9.68. The monoisotopic (exact) mass is 534 g/mol. The highest BCUT2D eigenvalue weighted by molar-refractivity contribution is 14.1. The van der Waals surface area contributed by atoms with Crippen LogP contribution >= 0.6 is 22.6 Å². The molecule has 1 atom stereocenters. The highest BCUT2D eigenvalue weighted by Crippen LogP contribution is 2.71. The lowest BCUT2D eigenvalue weighted by Crippen LogP contribution is -2.84. The van der Waals surface area contributed by atoms with Gasteiger partial charge < -0.3 is 0 Å². The third-order valence-electron chi connectivity index (χ3n) is 4.74. The fourth-order valence-electron chi connectivity index (χ4n) is 3.03. The standard InChI is InChI=1S/C15H18F11I/c1-3-4-5-6-7-9(2,27)8-10(16)11(17,18)13(21,22)15(25,26)14(23,24)12(10,19)20/h3-8H2,1-2H3. The van der Waals surface area contributed by atoms with Gasteiger partial charge in [0.2, 0.25) is 0 Å². The summed E-state index contributed by atoms with van der Waals surface area (Å²) in [6, 6.07) is 0. The van der Waals surface area contributed by atoms with Crippen LogP contribution in [-0.4, -0.2) is 38.7 Å². The van der Waals surface area contributed by atoms with Crippen LogP contribution in [0.5, 0.6) is 0 Å². The highest BCUT2D eigenvalue weighted by atomic mass is 127. The number of hydrogen-bond donors (Lipinski definition) is 0. The molecule has 0 radical (unpaired) electrons. The lowest BCUT2D eigenvalue weighted by Gasteiger charge is -2.53. The van der Waals surface area contributed by atoms with E-state index in [9.17, 15) is 48.3 Å². The first kappa shape index (κ1) is 25.0. The Labute approximate surface area is 162 Å². The number of halogens is 12. The maximum Gasteiger partial charge on any atom is 0.384 e. The molecule has 0 aliphatic heterocycles. The molecule has 0 bridgehead atoms. The van der Waals surface area contributed by atoms with Crippen molar-refractivity contribution in [2.24, 2.45) is 0 Å². The van der Waals surface area contributed by atoms with Crippen molar-refractivity contribution in [3.8, 4) is 0 Å². The van der Waals surface area contributed by atoms with Gasteiger partial charge >= 0.3 is 29.6 Å². The largest absolute Gasteiger partial charge is 0.384 e. The van der Waals surface area contributed by atoms with Gasteiger partial charge in [-0.3, -0.25) is 0 Å². The molecule has 162 valence electrons. The first-order valence-corrected chi connectivity index (χ1v) is 9.11. The van der Waals surface area contributed by atoms with Crippen LogP contribution in [0.25, 0.3) is 0 Å². The smallest absolute Gasteiger partial charge is 0.230 e. The van der Waals surface area contributed by atoms with E-state index in [0.29, 0.717) is 12.8 Å². The molecule has 1 aliphatic rings. The van der Waals surface area contributed by atoms with Gasteiger partial charge in [-0.25, -0.2) is 4.39 Å². The number of hydrogen-bond acceptors (Lipinski definition) is 0. The summed E-state index contributed by atoms with van der Waals surface area (Å²) in [5, 5.41) is 0. The Hall–Kier alpha value is -0.0400. The maximum atomic E-state index is 14.7. The van der Waals surface area contributed by atoms with Crippen LogP contribution in [0.3, 0.4) is 0 Å². The van der Waals surface area contributed by atoms with Crippen LogP contribution in [0, 0.1) is 0 Å². The van der Waals surface area contributed by atoms with Gasteiger partial charge in [0.25, 0.3) is 5.67 Å². The predicted octanol–water partition coefficient (Wildman–Crippen LogP) is 7.44. The summed E-state index contributed by atoms with van der Waals surface area (Å²) < 4.78 is 149. The Morgan fingerprint density at radius 2 is 1.00 bits per heavy atom. The van der Waals surface area contributed by atoms with E-state index in [0.717, 1.165) is 13.3 Å². The number of unbranched alkanes of at least 4 members (excludes halogenated alkanes) is 3. The van der Waals surface area contributed by atoms with Gasteiger partial charge in [0.15, 0.2) is 0 Å². The van der Waals surface area contributed by atoms with Crippen molar-refractivity contribution in [2.75, 3.05) is 0 Å². The second-order valence-electron chi connectivity index (χ2n) is 7.07. The van der Waals surface area contributed by atoms with Crippen molar-refractivity contribution in [3.63, 3.8) is 0 Å². The molecule has 0 aromatic carbocycles. The van der Waals surface area contributed by atoms with Crippen LogP contribution in [0.4, 0.5) is 48.3 Å². The van der Waals surface area contributed by atoms with Crippen molar-refractivity contribution in [2.45, 2.75) is 91.1 Å². The summed E-state index contributed by atoms with van der Waals surface area (Å²) in [7, 11) is 0. The second kappa shape index (κ2) is 7.03. The fourth-order valence-corrected chi connectivity index (χ4v) is 3.93. The molecule has 1 saturated carbocycles. The molecule has 1 unspecified atom stereocenters. The van der Waals surface area contributed by atoms with Gasteiger partial charge in [-0.15, -0.1) is 0 Å². The van der Waals surface area contributed by atoms with E-state index in [2.05, 4.69) is 0 Å². The SMILES string of the molecule is CCCCCCC(C)(I)CC1(F)C(F)(F)C(F)(F)C(F)(F)C(F)(F)C1(F)F. The fraction of sp³-hybridized carbons (Fsp3) is 1.00. The minimum Gasteiger partial charge on any atom is -0.230 e. The zero-order valence-electron chi connectivity index (χ0n) is 14.3. The van der Waals surface area contributed by atoms with Gasteiger partial charge in [-0.2, -0.15) is 43.9 Å². The lowest BCUT2D eigenvalue weighted by molar-refractivity contribution is -0.486. The van der Waals surface area contributed by atoms with E-state index in [1.807, 2.05) is 6.92 Å². The van der Waals surface area contributed by atoms with E-state index in [4.69, 9.17) is 0 Å². The van der Waals surface area contributed by atoms with Crippen molar-refractivity contribution < 1.29 is 48.3 Å². The summed E-state index contributed by atoms with van der Waals surface area (Å²) in [6.45, 7) is 2.75. The zero-order valence-corrected chi connectivity index (χ0v) is 16.4. The van der Waals surface area contributed by atoms with E-state index in [1.54, 1.807) is 0 Å². The molecule has 1 rings (SSSR count). The van der Waals surface area contributed by atoms with Crippen LogP contribution in [0.2, 0.25) is 0 Å². The van der Waals surface area contributed by atoms with E-state index in [1.165, 1.54) is 22.6 Å². The minimum atomic E-state index is -7.15. The highest BCUT2D eigenvalue weighted by Gasteiger charge is 3.00. The van der Waals surface area contributed by atoms with E-state index < -0.39 is 45.1 Å². The molecule has 0 heterocycles. The maximum absolute atomic E-state index is 14.7. The van der Waals surface area contributed by atoms with Crippen molar-refractivity contribution in [1.82, 2.24) is 0 Å². The molecular weight excluding hydrogens is 516 g/mol. The molecule has 0 spiro atoms. The molecule has 0 saturated heterocycles. The molecule has 0 nitrogen and oxygen atoms in total. The molecule has 12 heteroatoms.